The van der Waals surface area contributed by atoms with Crippen LogP contribution in [-0.2, 0) is 4.79 Å². The van der Waals surface area contributed by atoms with Crippen molar-refractivity contribution in [3.05, 3.63) is 28.2 Å². The van der Waals surface area contributed by atoms with Crippen LogP contribution in [0, 0.1) is 5.92 Å². The highest BCUT2D eigenvalue weighted by Gasteiger charge is 2.29. The van der Waals surface area contributed by atoms with Crippen molar-refractivity contribution in [2.24, 2.45) is 11.7 Å². The number of urea groups is 1. The van der Waals surface area contributed by atoms with Gasteiger partial charge < -0.3 is 15.4 Å². The van der Waals surface area contributed by atoms with Gasteiger partial charge in [0.1, 0.15) is 5.75 Å². The number of carbonyl (C=O) groups excluding carboxylic acids is 2. The first-order chi connectivity index (χ1) is 10.4. The Morgan fingerprint density at radius 3 is 2.77 bits per heavy atom. The number of piperidine rings is 1. The molecule has 0 bridgehead atoms. The van der Waals surface area contributed by atoms with Crippen molar-refractivity contribution in [3.63, 3.8) is 0 Å². The number of nitrogens with zero attached hydrogens (tertiary/aromatic N) is 1. The number of esters is 1. The lowest BCUT2D eigenvalue weighted by Gasteiger charge is -2.30. The van der Waals surface area contributed by atoms with Crippen LogP contribution in [0.15, 0.2) is 22.7 Å². The number of rotatable bonds is 3. The normalized spacial score (nSPS) is 18.4. The lowest BCUT2D eigenvalue weighted by Crippen LogP contribution is -2.45. The number of hydrogen-bond donors (Lipinski definition) is 1. The van der Waals surface area contributed by atoms with Crippen molar-refractivity contribution in [1.29, 1.82) is 0 Å². The Morgan fingerprint density at radius 2 is 2.14 bits per heavy atom. The molecule has 1 aliphatic rings. The molecule has 1 heterocycles. The molecule has 0 saturated carbocycles. The van der Waals surface area contributed by atoms with E-state index < -0.39 is 6.03 Å². The maximum atomic E-state index is 12.4. The summed E-state index contributed by atoms with van der Waals surface area (Å²) in [6.45, 7) is 5.04. The van der Waals surface area contributed by atoms with Gasteiger partial charge in [-0.25, -0.2) is 4.79 Å². The van der Waals surface area contributed by atoms with Crippen LogP contribution < -0.4 is 10.5 Å². The molecule has 0 radical (unpaired) electrons. The fraction of sp³-hybridized carbons (Fsp3) is 0.500. The highest BCUT2D eigenvalue weighted by molar-refractivity contribution is 9.10. The number of primary amides is 1. The van der Waals surface area contributed by atoms with E-state index in [0.29, 0.717) is 18.8 Å². The minimum atomic E-state index is -0.482. The van der Waals surface area contributed by atoms with Gasteiger partial charge in [0, 0.05) is 17.6 Å². The lowest BCUT2D eigenvalue weighted by molar-refractivity contribution is -0.140. The molecule has 1 unspecified atom stereocenters. The summed E-state index contributed by atoms with van der Waals surface area (Å²) in [7, 11) is 0. The predicted octanol–water partition coefficient (Wildman–Crippen LogP) is 3.27. The Bertz CT molecular complexity index is 575. The standard InChI is InChI=1S/C16H21BrN2O3/c1-10(2)13-8-12(17)5-6-14(13)22-15(20)11-4-3-7-19(9-11)16(18)21/h5-6,8,10-11H,3-4,7,9H2,1-2H3,(H2,18,21). The van der Waals surface area contributed by atoms with E-state index in [4.69, 9.17) is 10.5 Å². The molecule has 1 aromatic rings. The van der Waals surface area contributed by atoms with Crippen LogP contribution in [0.4, 0.5) is 4.79 Å². The minimum absolute atomic E-state index is 0.244. The van der Waals surface area contributed by atoms with Crippen molar-refractivity contribution in [1.82, 2.24) is 4.90 Å². The number of ether oxygens (including phenoxy) is 1. The maximum absolute atomic E-state index is 12.4. The molecule has 6 heteroatoms. The topological polar surface area (TPSA) is 72.6 Å². The van der Waals surface area contributed by atoms with E-state index in [1.54, 1.807) is 6.07 Å². The Hall–Kier alpha value is -1.56. The SMILES string of the molecule is CC(C)c1cc(Br)ccc1OC(=O)C1CCCN(C(N)=O)C1. The Balaban J connectivity index is 2.10. The Morgan fingerprint density at radius 1 is 1.41 bits per heavy atom. The number of benzene rings is 1. The zero-order valence-corrected chi connectivity index (χ0v) is 14.4. The molecule has 5 nitrogen and oxygen atoms in total. The number of nitrogens with two attached hydrogens (primary N) is 1. The number of amides is 2. The first-order valence-electron chi connectivity index (χ1n) is 7.44. The average Bonchev–Trinajstić information content (AvgIpc) is 2.48. The second kappa shape index (κ2) is 7.13. The van der Waals surface area contributed by atoms with Gasteiger partial charge in [0.25, 0.3) is 0 Å². The van der Waals surface area contributed by atoms with Crippen LogP contribution in [-0.4, -0.2) is 30.0 Å². The summed E-state index contributed by atoms with van der Waals surface area (Å²) < 4.78 is 6.54. The molecule has 1 fully saturated rings. The van der Waals surface area contributed by atoms with Crippen LogP contribution in [0.2, 0.25) is 0 Å². The highest BCUT2D eigenvalue weighted by Crippen LogP contribution is 2.30. The fourth-order valence-corrected chi connectivity index (χ4v) is 3.00. The number of likely N-dealkylation sites (tertiary alicyclic amines) is 1. The van der Waals surface area contributed by atoms with Crippen LogP contribution in [0.25, 0.3) is 0 Å². The number of halogens is 1. The largest absolute Gasteiger partial charge is 0.426 e. The van der Waals surface area contributed by atoms with Crippen molar-refractivity contribution in [3.8, 4) is 5.75 Å². The smallest absolute Gasteiger partial charge is 0.316 e. The second-order valence-electron chi connectivity index (χ2n) is 5.88. The van der Waals surface area contributed by atoms with Gasteiger partial charge in [-0.2, -0.15) is 0 Å². The van der Waals surface area contributed by atoms with Crippen LogP contribution in [0.3, 0.4) is 0 Å². The van der Waals surface area contributed by atoms with Gasteiger partial charge >= 0.3 is 12.0 Å². The van der Waals surface area contributed by atoms with E-state index in [1.165, 1.54) is 4.90 Å². The third-order valence-electron chi connectivity index (χ3n) is 3.87. The summed E-state index contributed by atoms with van der Waals surface area (Å²) in [6, 6.07) is 5.13. The Kier molecular flexibility index (Phi) is 5.45. The molecule has 1 aromatic carbocycles. The average molecular weight is 369 g/mol. The molecule has 1 saturated heterocycles. The van der Waals surface area contributed by atoms with Gasteiger partial charge in [0.2, 0.25) is 0 Å². The molecule has 2 rings (SSSR count). The summed E-state index contributed by atoms with van der Waals surface area (Å²) in [6.07, 6.45) is 1.48. The van der Waals surface area contributed by atoms with Gasteiger partial charge in [0.05, 0.1) is 5.92 Å². The van der Waals surface area contributed by atoms with Crippen LogP contribution >= 0.6 is 15.9 Å². The molecule has 0 spiro atoms. The summed E-state index contributed by atoms with van der Waals surface area (Å²) in [5.74, 6) is 0.216. The fourth-order valence-electron chi connectivity index (χ4n) is 2.62. The van der Waals surface area contributed by atoms with Crippen molar-refractivity contribution < 1.29 is 14.3 Å². The summed E-state index contributed by atoms with van der Waals surface area (Å²) in [4.78, 5) is 25.1. The van der Waals surface area contributed by atoms with Crippen molar-refractivity contribution in [2.75, 3.05) is 13.1 Å². The number of hydrogen-bond acceptors (Lipinski definition) is 3. The molecule has 22 heavy (non-hydrogen) atoms. The van der Waals surface area contributed by atoms with E-state index >= 15 is 0 Å². The van der Waals surface area contributed by atoms with E-state index in [2.05, 4.69) is 29.8 Å². The third kappa shape index (κ3) is 4.00. The molecular formula is C16H21BrN2O3. The van der Waals surface area contributed by atoms with Gasteiger partial charge in [-0.15, -0.1) is 0 Å². The van der Waals surface area contributed by atoms with Gasteiger partial charge in [-0.3, -0.25) is 4.79 Å². The molecule has 0 aliphatic carbocycles. The zero-order chi connectivity index (χ0) is 16.3. The predicted molar refractivity (Wildman–Crippen MR) is 87.7 cm³/mol. The molecule has 1 atom stereocenters. The van der Waals surface area contributed by atoms with Crippen LogP contribution in [0.5, 0.6) is 5.75 Å². The van der Waals surface area contributed by atoms with Gasteiger partial charge in [0.15, 0.2) is 0 Å². The summed E-state index contributed by atoms with van der Waals surface area (Å²) in [5.41, 5.74) is 6.27. The van der Waals surface area contributed by atoms with Crippen molar-refractivity contribution >= 4 is 27.9 Å². The summed E-state index contributed by atoms with van der Waals surface area (Å²) in [5, 5.41) is 0. The van der Waals surface area contributed by atoms with Crippen molar-refractivity contribution in [2.45, 2.75) is 32.6 Å². The quantitative estimate of drug-likeness (QED) is 0.657. The monoisotopic (exact) mass is 368 g/mol. The molecular weight excluding hydrogens is 348 g/mol. The highest BCUT2D eigenvalue weighted by atomic mass is 79.9. The minimum Gasteiger partial charge on any atom is -0.426 e. The summed E-state index contributed by atoms with van der Waals surface area (Å²) >= 11 is 3.43. The second-order valence-corrected chi connectivity index (χ2v) is 6.80. The van der Waals surface area contributed by atoms with Gasteiger partial charge in [-0.1, -0.05) is 29.8 Å². The number of carbonyl (C=O) groups is 2. The third-order valence-corrected chi connectivity index (χ3v) is 4.36. The molecule has 2 N–H and O–H groups in total. The van der Waals surface area contributed by atoms with Gasteiger partial charge in [-0.05, 0) is 42.5 Å². The molecule has 1 aliphatic heterocycles. The first-order valence-corrected chi connectivity index (χ1v) is 8.23. The molecule has 120 valence electrons. The molecule has 0 aromatic heterocycles. The zero-order valence-electron chi connectivity index (χ0n) is 12.8. The lowest BCUT2D eigenvalue weighted by atomic mass is 9.98. The molecule has 2 amide bonds. The van der Waals surface area contributed by atoms with E-state index in [-0.39, 0.29) is 17.8 Å². The first kappa shape index (κ1) is 16.8. The van der Waals surface area contributed by atoms with Crippen LogP contribution in [0.1, 0.15) is 38.2 Å². The maximum Gasteiger partial charge on any atom is 0.316 e. The Labute approximate surface area is 138 Å². The van der Waals surface area contributed by atoms with E-state index in [9.17, 15) is 9.59 Å². The van der Waals surface area contributed by atoms with E-state index in [1.807, 2.05) is 12.1 Å². The van der Waals surface area contributed by atoms with E-state index in [0.717, 1.165) is 22.9 Å².